The molecule has 2 amide bonds. The fraction of sp³-hybridized carbons (Fsp3) is 0.471. The zero-order chi connectivity index (χ0) is 18.4. The molecule has 0 spiro atoms. The van der Waals surface area contributed by atoms with Crippen molar-refractivity contribution in [3.63, 3.8) is 0 Å². The fourth-order valence-corrected chi connectivity index (χ4v) is 2.48. The van der Waals surface area contributed by atoms with Gasteiger partial charge in [-0.2, -0.15) is 18.3 Å². The van der Waals surface area contributed by atoms with Gasteiger partial charge in [0.1, 0.15) is 5.71 Å². The molecule has 0 aromatic heterocycles. The number of amides is 2. The summed E-state index contributed by atoms with van der Waals surface area (Å²) in [4.78, 5) is 25.6. The second-order valence-electron chi connectivity index (χ2n) is 5.73. The van der Waals surface area contributed by atoms with Crippen molar-refractivity contribution in [2.75, 3.05) is 13.1 Å². The standard InChI is InChI=1S/C17H20F3N3O2/c1-2-22(11-10-17(18,19)20)16(25)14-8-9-15(24)23(21-14)12-13-6-4-3-5-7-13/h3-7H,2,8-12H2,1H3. The molecule has 0 aliphatic carbocycles. The van der Waals surface area contributed by atoms with Crippen LogP contribution in [0.1, 0.15) is 31.7 Å². The Morgan fingerprint density at radius 3 is 2.52 bits per heavy atom. The highest BCUT2D eigenvalue weighted by Gasteiger charge is 2.31. The summed E-state index contributed by atoms with van der Waals surface area (Å²) in [7, 11) is 0. The molecule has 1 aromatic carbocycles. The van der Waals surface area contributed by atoms with Gasteiger partial charge in [0.05, 0.1) is 13.0 Å². The number of alkyl halides is 3. The number of hydrogen-bond acceptors (Lipinski definition) is 3. The first kappa shape index (κ1) is 19.0. The average Bonchev–Trinajstić information content (AvgIpc) is 2.57. The van der Waals surface area contributed by atoms with E-state index in [0.29, 0.717) is 0 Å². The molecule has 0 unspecified atom stereocenters. The van der Waals surface area contributed by atoms with Gasteiger partial charge in [-0.25, -0.2) is 5.01 Å². The summed E-state index contributed by atoms with van der Waals surface area (Å²) in [6.07, 6.45) is -5.12. The van der Waals surface area contributed by atoms with E-state index in [1.807, 2.05) is 30.3 Å². The van der Waals surface area contributed by atoms with Gasteiger partial charge in [0.15, 0.2) is 0 Å². The monoisotopic (exact) mass is 355 g/mol. The van der Waals surface area contributed by atoms with Gasteiger partial charge in [-0.05, 0) is 12.5 Å². The van der Waals surface area contributed by atoms with E-state index in [0.717, 1.165) is 10.5 Å². The Morgan fingerprint density at radius 2 is 1.92 bits per heavy atom. The van der Waals surface area contributed by atoms with Crippen molar-refractivity contribution in [1.82, 2.24) is 9.91 Å². The van der Waals surface area contributed by atoms with Crippen LogP contribution in [0.5, 0.6) is 0 Å². The molecule has 25 heavy (non-hydrogen) atoms. The third-order valence-electron chi connectivity index (χ3n) is 3.86. The lowest BCUT2D eigenvalue weighted by Gasteiger charge is -2.27. The Balaban J connectivity index is 2.09. The van der Waals surface area contributed by atoms with Crippen LogP contribution in [0.15, 0.2) is 35.4 Å². The minimum atomic E-state index is -4.32. The van der Waals surface area contributed by atoms with Crippen LogP contribution in [0.3, 0.4) is 0 Å². The molecule has 1 aromatic rings. The van der Waals surface area contributed by atoms with E-state index in [1.54, 1.807) is 6.92 Å². The van der Waals surface area contributed by atoms with E-state index in [1.165, 1.54) is 5.01 Å². The first-order chi connectivity index (χ1) is 11.8. The molecule has 0 N–H and O–H groups in total. The summed E-state index contributed by atoms with van der Waals surface area (Å²) in [6.45, 7) is 1.58. The number of carbonyl (C=O) groups excluding carboxylic acids is 2. The SMILES string of the molecule is CCN(CCC(F)(F)F)C(=O)C1=NN(Cc2ccccc2)C(=O)CC1. The van der Waals surface area contributed by atoms with Gasteiger partial charge in [0.2, 0.25) is 5.91 Å². The zero-order valence-electron chi connectivity index (χ0n) is 13.9. The number of rotatable bonds is 6. The fourth-order valence-electron chi connectivity index (χ4n) is 2.48. The van der Waals surface area contributed by atoms with E-state index in [-0.39, 0.29) is 37.6 Å². The molecule has 0 bridgehead atoms. The van der Waals surface area contributed by atoms with E-state index in [4.69, 9.17) is 0 Å². The van der Waals surface area contributed by atoms with Crippen LogP contribution in [0.2, 0.25) is 0 Å². The molecule has 1 aliphatic heterocycles. The van der Waals surface area contributed by atoms with Crippen molar-refractivity contribution in [2.24, 2.45) is 5.10 Å². The number of benzene rings is 1. The van der Waals surface area contributed by atoms with Gasteiger partial charge in [-0.1, -0.05) is 30.3 Å². The minimum Gasteiger partial charge on any atom is -0.337 e. The van der Waals surface area contributed by atoms with Gasteiger partial charge < -0.3 is 4.90 Å². The number of hydrogen-bond donors (Lipinski definition) is 0. The molecule has 5 nitrogen and oxygen atoms in total. The predicted octanol–water partition coefficient (Wildman–Crippen LogP) is 2.97. The molecule has 0 saturated carbocycles. The first-order valence-corrected chi connectivity index (χ1v) is 8.08. The molecular weight excluding hydrogens is 335 g/mol. The van der Waals surface area contributed by atoms with Crippen molar-refractivity contribution in [3.8, 4) is 0 Å². The number of hydrazone groups is 1. The molecule has 0 radical (unpaired) electrons. The minimum absolute atomic E-state index is 0.119. The van der Waals surface area contributed by atoms with E-state index >= 15 is 0 Å². The summed E-state index contributed by atoms with van der Waals surface area (Å²) >= 11 is 0. The molecule has 1 heterocycles. The Labute approximate surface area is 144 Å². The maximum atomic E-state index is 12.4. The predicted molar refractivity (Wildman–Crippen MR) is 86.6 cm³/mol. The molecule has 0 fully saturated rings. The van der Waals surface area contributed by atoms with Crippen molar-refractivity contribution >= 4 is 17.5 Å². The maximum Gasteiger partial charge on any atom is 0.390 e. The van der Waals surface area contributed by atoms with E-state index < -0.39 is 25.0 Å². The third kappa shape index (κ3) is 5.58. The molecule has 136 valence electrons. The van der Waals surface area contributed by atoms with Crippen LogP contribution < -0.4 is 0 Å². The number of nitrogens with zero attached hydrogens (tertiary/aromatic N) is 3. The summed E-state index contributed by atoms with van der Waals surface area (Å²) in [5.74, 6) is -0.754. The lowest BCUT2D eigenvalue weighted by atomic mass is 10.1. The Morgan fingerprint density at radius 1 is 1.24 bits per heavy atom. The van der Waals surface area contributed by atoms with Crippen molar-refractivity contribution < 1.29 is 22.8 Å². The first-order valence-electron chi connectivity index (χ1n) is 8.08. The van der Waals surface area contributed by atoms with Crippen LogP contribution in [0.4, 0.5) is 13.2 Å². The van der Waals surface area contributed by atoms with Gasteiger partial charge in [-0.15, -0.1) is 0 Å². The van der Waals surface area contributed by atoms with Crippen molar-refractivity contribution in [2.45, 2.75) is 38.9 Å². The van der Waals surface area contributed by atoms with E-state index in [2.05, 4.69) is 5.10 Å². The molecule has 1 aliphatic rings. The van der Waals surface area contributed by atoms with Crippen LogP contribution in [-0.4, -0.2) is 46.7 Å². The van der Waals surface area contributed by atoms with Crippen LogP contribution in [0, 0.1) is 0 Å². The third-order valence-corrected chi connectivity index (χ3v) is 3.86. The maximum absolute atomic E-state index is 12.4. The quantitative estimate of drug-likeness (QED) is 0.788. The second kappa shape index (κ2) is 8.13. The Hall–Kier alpha value is -2.38. The second-order valence-corrected chi connectivity index (χ2v) is 5.73. The van der Waals surface area contributed by atoms with Gasteiger partial charge in [0, 0.05) is 25.9 Å². The highest BCUT2D eigenvalue weighted by atomic mass is 19.4. The molecule has 0 saturated heterocycles. The van der Waals surface area contributed by atoms with Gasteiger partial charge in [-0.3, -0.25) is 9.59 Å². The normalized spacial score (nSPS) is 15.1. The van der Waals surface area contributed by atoms with Gasteiger partial charge >= 0.3 is 6.18 Å². The lowest BCUT2D eigenvalue weighted by molar-refractivity contribution is -0.142. The molecule has 0 atom stereocenters. The molecule has 8 heteroatoms. The summed E-state index contributed by atoms with van der Waals surface area (Å²) < 4.78 is 37.2. The smallest absolute Gasteiger partial charge is 0.337 e. The largest absolute Gasteiger partial charge is 0.390 e. The zero-order valence-corrected chi connectivity index (χ0v) is 13.9. The van der Waals surface area contributed by atoms with E-state index in [9.17, 15) is 22.8 Å². The summed E-state index contributed by atoms with van der Waals surface area (Å²) in [5, 5.41) is 5.31. The van der Waals surface area contributed by atoms with Crippen LogP contribution in [-0.2, 0) is 16.1 Å². The van der Waals surface area contributed by atoms with Gasteiger partial charge in [0.25, 0.3) is 5.91 Å². The highest BCUT2D eigenvalue weighted by molar-refractivity contribution is 6.39. The molecule has 2 rings (SSSR count). The van der Waals surface area contributed by atoms with Crippen molar-refractivity contribution in [1.29, 1.82) is 0 Å². The lowest BCUT2D eigenvalue weighted by Crippen LogP contribution is -2.42. The van der Waals surface area contributed by atoms with Crippen LogP contribution >= 0.6 is 0 Å². The van der Waals surface area contributed by atoms with Crippen LogP contribution in [0.25, 0.3) is 0 Å². The molecular formula is C17H20F3N3O2. The summed E-state index contributed by atoms with van der Waals surface area (Å²) in [6, 6.07) is 9.17. The summed E-state index contributed by atoms with van der Waals surface area (Å²) in [5.41, 5.74) is 0.984. The highest BCUT2D eigenvalue weighted by Crippen LogP contribution is 2.20. The topological polar surface area (TPSA) is 53.0 Å². The number of carbonyl (C=O) groups is 2. The average molecular weight is 355 g/mol. The Kier molecular flexibility index (Phi) is 6.17. The number of halogens is 3. The Bertz CT molecular complexity index is 644. The van der Waals surface area contributed by atoms with Crippen molar-refractivity contribution in [3.05, 3.63) is 35.9 Å².